The van der Waals surface area contributed by atoms with E-state index < -0.39 is 25.5 Å². The van der Waals surface area contributed by atoms with Crippen LogP contribution in [0.2, 0.25) is 0 Å². The molecule has 0 bridgehead atoms. The van der Waals surface area contributed by atoms with E-state index in [9.17, 15) is 9.59 Å². The van der Waals surface area contributed by atoms with Gasteiger partial charge in [0.25, 0.3) is 0 Å². The Morgan fingerprint density at radius 3 is 1.68 bits per heavy atom. The molecule has 0 aliphatic carbocycles. The maximum Gasteiger partial charge on any atom is 0.494 e. The summed E-state index contributed by atoms with van der Waals surface area (Å²) in [5.74, 6) is 0.139. The Labute approximate surface area is 291 Å². The van der Waals surface area contributed by atoms with Gasteiger partial charge in [-0.3, -0.25) is 9.59 Å². The highest BCUT2D eigenvalue weighted by Crippen LogP contribution is 2.36. The highest BCUT2D eigenvalue weighted by molar-refractivity contribution is 8.07. The second-order valence-corrected chi connectivity index (χ2v) is 12.0. The largest absolute Gasteiger partial charge is 0.504 e. The fourth-order valence-corrected chi connectivity index (χ4v) is 4.35. The summed E-state index contributed by atoms with van der Waals surface area (Å²) in [7, 11) is 39.2. The molecule has 1 fully saturated rings. The number of aromatic hydroxyl groups is 1. The standard InChI is InChI=1S/C20H23BO4.C7H6O2.B13/c1-19(2)20(3,4)25-21(24-19)16-12-10-15(11-13-16)14-23-18-9-7-5-6-8-17(18)22;8-6-4-2-1-3-5-7(6)9;1-8-12(9(2)3)13(10(4)5)11(6)7/h5-13H,14H2,1-4H3;1-5H,(H,8,9);. The fraction of sp³-hybridized carbons (Fsp3) is 0.259. The lowest BCUT2D eigenvalue weighted by molar-refractivity contribution is 0.00578. The zero-order valence-corrected chi connectivity index (χ0v) is 27.4. The Bertz CT molecular complexity index is 1490. The van der Waals surface area contributed by atoms with E-state index in [0.29, 0.717) is 12.4 Å². The Hall–Kier alpha value is -2.57. The topological polar surface area (TPSA) is 82.1 Å². The highest BCUT2D eigenvalue weighted by atomic mass is 16.7. The summed E-state index contributed by atoms with van der Waals surface area (Å²) in [6, 6.07) is 23.9. The van der Waals surface area contributed by atoms with Gasteiger partial charge in [-0.1, -0.05) is 60.7 Å². The second kappa shape index (κ2) is 18.8. The first kappa shape index (κ1) is 40.6. The first-order valence-electron chi connectivity index (χ1n) is 15.0. The number of rotatable bonds is 9. The van der Waals surface area contributed by atoms with Crippen molar-refractivity contribution in [3.8, 4) is 11.5 Å². The van der Waals surface area contributed by atoms with Crippen molar-refractivity contribution in [3.05, 3.63) is 111 Å². The van der Waals surface area contributed by atoms with Crippen LogP contribution in [0.4, 0.5) is 0 Å². The highest BCUT2D eigenvalue weighted by Gasteiger charge is 2.51. The molecule has 0 amide bonds. The van der Waals surface area contributed by atoms with Gasteiger partial charge in [0.1, 0.15) is 6.61 Å². The molecular formula is C27H29B14O6. The first-order valence-corrected chi connectivity index (χ1v) is 15.0. The summed E-state index contributed by atoms with van der Waals surface area (Å²) in [5.41, 5.74) is 0.766. The maximum atomic E-state index is 11.8. The van der Waals surface area contributed by atoms with Crippen molar-refractivity contribution in [2.75, 3.05) is 0 Å². The van der Waals surface area contributed by atoms with Crippen molar-refractivity contribution >= 4 is 106 Å². The molecule has 47 heavy (non-hydrogen) atoms. The lowest BCUT2D eigenvalue weighted by Gasteiger charge is -2.32. The molecule has 1 aliphatic heterocycles. The average Bonchev–Trinajstić information content (AvgIpc) is 3.17. The quantitative estimate of drug-likeness (QED) is 0.309. The number of benzene rings is 1. The molecule has 0 aromatic heterocycles. The Balaban J connectivity index is 0.000000291. The molecule has 1 aliphatic rings. The van der Waals surface area contributed by atoms with Crippen molar-refractivity contribution in [1.82, 2.24) is 0 Å². The average molecular weight is 601 g/mol. The lowest BCUT2D eigenvalue weighted by Crippen LogP contribution is -2.69. The summed E-state index contributed by atoms with van der Waals surface area (Å²) >= 11 is 0. The molecule has 20 heteroatoms. The third-order valence-electron chi connectivity index (χ3n) is 7.84. The summed E-state index contributed by atoms with van der Waals surface area (Å²) in [4.78, 5) is 22.4. The molecule has 1 saturated heterocycles. The van der Waals surface area contributed by atoms with E-state index in [4.69, 9.17) is 73.3 Å². The molecule has 4 rings (SSSR count). The van der Waals surface area contributed by atoms with E-state index in [2.05, 4.69) is 0 Å². The van der Waals surface area contributed by atoms with Crippen molar-refractivity contribution in [2.45, 2.75) is 45.5 Å². The van der Waals surface area contributed by atoms with Crippen LogP contribution >= 0.6 is 0 Å². The SMILES string of the molecule is CC1(C)OB(c2ccc(COc3cccccc3=O)cc2)OC1(C)C.O=c1cccccc1O.[B][B]B(B([B])[B])B(B([B])[B])B([B])[B]. The molecular weight excluding hydrogens is 572 g/mol. The van der Waals surface area contributed by atoms with Crippen LogP contribution in [0.1, 0.15) is 33.3 Å². The van der Waals surface area contributed by atoms with Gasteiger partial charge in [-0.05, 0) is 63.0 Å². The molecule has 1 N–H and O–H groups in total. The maximum absolute atomic E-state index is 11.8. The van der Waals surface area contributed by atoms with Gasteiger partial charge in [0.05, 0.1) is 11.2 Å². The van der Waals surface area contributed by atoms with E-state index >= 15 is 0 Å². The van der Waals surface area contributed by atoms with E-state index in [0.717, 1.165) is 11.0 Å². The molecule has 6 nitrogen and oxygen atoms in total. The Morgan fingerprint density at radius 2 is 1.21 bits per heavy atom. The van der Waals surface area contributed by atoms with Crippen LogP contribution < -0.4 is 21.1 Å². The van der Waals surface area contributed by atoms with E-state index in [-0.39, 0.29) is 41.3 Å². The van der Waals surface area contributed by atoms with Crippen molar-refractivity contribution in [1.29, 1.82) is 0 Å². The van der Waals surface area contributed by atoms with Crippen LogP contribution in [0.5, 0.6) is 11.5 Å². The van der Waals surface area contributed by atoms with E-state index in [1.54, 1.807) is 42.5 Å². The molecule has 0 atom stereocenters. The Kier molecular flexibility index (Phi) is 16.3. The molecule has 0 unspecified atom stereocenters. The van der Waals surface area contributed by atoms with Crippen LogP contribution in [-0.2, 0) is 15.9 Å². The monoisotopic (exact) mass is 603 g/mol. The normalized spacial score (nSPS) is 13.7. The molecule has 0 saturated carbocycles. The van der Waals surface area contributed by atoms with Gasteiger partial charge >= 0.3 is 7.12 Å². The van der Waals surface area contributed by atoms with E-state index in [1.165, 1.54) is 25.3 Å². The number of hydrogen-bond donors (Lipinski definition) is 1. The van der Waals surface area contributed by atoms with Crippen molar-refractivity contribution < 1.29 is 19.2 Å². The predicted octanol–water partition coefficient (Wildman–Crippen LogP) is -1.27. The number of hydrogen-bond acceptors (Lipinski definition) is 6. The third-order valence-corrected chi connectivity index (χ3v) is 7.84. The minimum atomic E-state index is -0.695. The van der Waals surface area contributed by atoms with E-state index in [1.807, 2.05) is 52.0 Å². The summed E-state index contributed by atoms with van der Waals surface area (Å²) < 4.78 is 17.7. The van der Waals surface area contributed by atoms with Crippen LogP contribution in [0.25, 0.3) is 0 Å². The molecule has 15 radical (unpaired) electrons. The summed E-state index contributed by atoms with van der Waals surface area (Å²) in [6.07, 6.45) is -2.87. The molecule has 3 aromatic rings. The van der Waals surface area contributed by atoms with Gasteiger partial charge in [-0.25, -0.2) is 0 Å². The van der Waals surface area contributed by atoms with Gasteiger partial charge in [0.2, 0.25) is 10.9 Å². The van der Waals surface area contributed by atoms with Crippen LogP contribution in [0.3, 0.4) is 0 Å². The second-order valence-electron chi connectivity index (χ2n) is 12.0. The first-order chi connectivity index (χ1) is 22.0. The Morgan fingerprint density at radius 1 is 0.723 bits per heavy atom. The van der Waals surface area contributed by atoms with Crippen LogP contribution in [0.15, 0.2) is 94.5 Å². The van der Waals surface area contributed by atoms with Crippen molar-refractivity contribution in [3.63, 3.8) is 0 Å². The summed E-state index contributed by atoms with van der Waals surface area (Å²) in [6.45, 7) is 8.49. The van der Waals surface area contributed by atoms with Gasteiger partial charge in [0.15, 0.2) is 11.5 Å². The molecule has 3 aromatic carbocycles. The van der Waals surface area contributed by atoms with Crippen LogP contribution in [0, 0.1) is 0 Å². The van der Waals surface area contributed by atoms with Crippen molar-refractivity contribution in [2.24, 2.45) is 0 Å². The van der Waals surface area contributed by atoms with Crippen LogP contribution in [-0.4, -0.2) is 117 Å². The predicted molar refractivity (Wildman–Crippen MR) is 208 cm³/mol. The van der Waals surface area contributed by atoms with Gasteiger partial charge in [0, 0.05) is 93.1 Å². The number of ether oxygens (including phenoxy) is 1. The molecule has 215 valence electrons. The summed E-state index contributed by atoms with van der Waals surface area (Å²) in [5, 5.41) is 8.77. The zero-order chi connectivity index (χ0) is 35.4. The van der Waals surface area contributed by atoms with Gasteiger partial charge in [-0.2, -0.15) is 0 Å². The third kappa shape index (κ3) is 12.4. The minimum absolute atomic E-state index is 0.126. The molecule has 0 spiro atoms. The molecule has 1 heterocycles. The minimum Gasteiger partial charge on any atom is -0.504 e. The lowest BCUT2D eigenvalue weighted by atomic mass is 8.50. The van der Waals surface area contributed by atoms with Gasteiger partial charge in [-0.15, -0.1) is 0 Å². The van der Waals surface area contributed by atoms with Gasteiger partial charge < -0.3 is 19.2 Å². The smallest absolute Gasteiger partial charge is 0.494 e. The fourth-order valence-electron chi connectivity index (χ4n) is 4.35. The zero-order valence-electron chi connectivity index (χ0n) is 27.4.